The van der Waals surface area contributed by atoms with E-state index in [-0.39, 0.29) is 12.5 Å². The lowest BCUT2D eigenvalue weighted by atomic mass is 10.2. The molecule has 2 rings (SSSR count). The number of halogens is 1. The predicted molar refractivity (Wildman–Crippen MR) is 67.4 cm³/mol. The van der Waals surface area contributed by atoms with Crippen LogP contribution in [-0.4, -0.2) is 18.6 Å². The molecule has 0 saturated heterocycles. The first kappa shape index (κ1) is 12.7. The number of hydrogen-bond donors (Lipinski definition) is 1. The lowest BCUT2D eigenvalue weighted by Gasteiger charge is -2.08. The van der Waals surface area contributed by atoms with Crippen LogP contribution < -0.4 is 10.1 Å². The summed E-state index contributed by atoms with van der Waals surface area (Å²) >= 11 is 5.94. The van der Waals surface area contributed by atoms with Gasteiger partial charge in [-0.05, 0) is 31.0 Å². The van der Waals surface area contributed by atoms with E-state index in [1.54, 1.807) is 18.2 Å². The highest BCUT2D eigenvalue weighted by molar-refractivity contribution is 6.32. The summed E-state index contributed by atoms with van der Waals surface area (Å²) in [6, 6.07) is 7.18. The van der Waals surface area contributed by atoms with Gasteiger partial charge in [-0.1, -0.05) is 11.6 Å². The lowest BCUT2D eigenvalue weighted by molar-refractivity contribution is -0.121. The van der Waals surface area contributed by atoms with E-state index in [1.165, 1.54) is 0 Å². The maximum atomic E-state index is 11.4. The topological polar surface area (TPSA) is 62.1 Å². The fourth-order valence-electron chi connectivity index (χ4n) is 1.47. The normalized spacial score (nSPS) is 13.8. The Balaban J connectivity index is 1.79. The minimum Gasteiger partial charge on any atom is -0.491 e. The highest BCUT2D eigenvalue weighted by atomic mass is 35.5. The second kappa shape index (κ2) is 5.74. The maximum Gasteiger partial charge on any atom is 0.223 e. The van der Waals surface area contributed by atoms with Gasteiger partial charge < -0.3 is 10.1 Å². The van der Waals surface area contributed by atoms with Crippen molar-refractivity contribution in [2.24, 2.45) is 0 Å². The van der Waals surface area contributed by atoms with Crippen molar-refractivity contribution in [2.45, 2.75) is 25.3 Å². The smallest absolute Gasteiger partial charge is 0.223 e. The number of amides is 1. The van der Waals surface area contributed by atoms with E-state index in [4.69, 9.17) is 21.6 Å². The molecule has 4 nitrogen and oxygen atoms in total. The molecule has 0 unspecified atom stereocenters. The van der Waals surface area contributed by atoms with Crippen LogP contribution in [0.4, 0.5) is 0 Å². The predicted octanol–water partition coefficient (Wildman–Crippen LogP) is 2.26. The van der Waals surface area contributed by atoms with E-state index >= 15 is 0 Å². The van der Waals surface area contributed by atoms with E-state index in [0.29, 0.717) is 28.8 Å². The fraction of sp³-hybridized carbons (Fsp3) is 0.385. The molecule has 1 amide bonds. The Hall–Kier alpha value is -1.73. The Morgan fingerprint density at radius 1 is 1.56 bits per heavy atom. The van der Waals surface area contributed by atoms with Gasteiger partial charge in [-0.3, -0.25) is 4.79 Å². The molecule has 1 N–H and O–H groups in total. The van der Waals surface area contributed by atoms with Crippen molar-refractivity contribution >= 4 is 17.5 Å². The molecule has 1 aromatic rings. The molecule has 0 atom stereocenters. The third-order valence-electron chi connectivity index (χ3n) is 2.59. The number of nitriles is 1. The van der Waals surface area contributed by atoms with Crippen molar-refractivity contribution in [3.8, 4) is 11.8 Å². The summed E-state index contributed by atoms with van der Waals surface area (Å²) in [6.45, 7) is 0.282. The molecule has 0 bridgehead atoms. The Morgan fingerprint density at radius 2 is 2.33 bits per heavy atom. The van der Waals surface area contributed by atoms with Crippen molar-refractivity contribution < 1.29 is 9.53 Å². The summed E-state index contributed by atoms with van der Waals surface area (Å²) in [6.07, 6.45) is 2.47. The number of benzene rings is 1. The zero-order valence-corrected chi connectivity index (χ0v) is 10.5. The highest BCUT2D eigenvalue weighted by Crippen LogP contribution is 2.25. The molecule has 1 fully saturated rings. The molecule has 94 valence electrons. The highest BCUT2D eigenvalue weighted by Gasteiger charge is 2.22. The fourth-order valence-corrected chi connectivity index (χ4v) is 1.70. The first-order valence-corrected chi connectivity index (χ1v) is 6.18. The van der Waals surface area contributed by atoms with Gasteiger partial charge in [-0.25, -0.2) is 0 Å². The van der Waals surface area contributed by atoms with Crippen LogP contribution in [0, 0.1) is 11.3 Å². The van der Waals surface area contributed by atoms with E-state index in [9.17, 15) is 4.79 Å². The average molecular weight is 265 g/mol. The average Bonchev–Trinajstić information content (AvgIpc) is 3.15. The minimum absolute atomic E-state index is 0.00210. The summed E-state index contributed by atoms with van der Waals surface area (Å²) < 4.78 is 5.41. The van der Waals surface area contributed by atoms with Gasteiger partial charge in [0.1, 0.15) is 5.75 Å². The van der Waals surface area contributed by atoms with Crippen molar-refractivity contribution in [1.29, 1.82) is 5.26 Å². The molecule has 5 heteroatoms. The van der Waals surface area contributed by atoms with Gasteiger partial charge in [-0.2, -0.15) is 5.26 Å². The van der Waals surface area contributed by atoms with Crippen LogP contribution in [0.3, 0.4) is 0 Å². The third-order valence-corrected chi connectivity index (χ3v) is 2.89. The molecular weight excluding hydrogens is 252 g/mol. The third kappa shape index (κ3) is 3.64. The zero-order valence-electron chi connectivity index (χ0n) is 9.78. The first-order valence-electron chi connectivity index (χ1n) is 5.81. The largest absolute Gasteiger partial charge is 0.491 e. The van der Waals surface area contributed by atoms with Gasteiger partial charge in [0.05, 0.1) is 29.7 Å². The minimum atomic E-state index is 0.00210. The number of carbonyl (C=O) groups excluding carboxylic acids is 1. The molecule has 0 radical (unpaired) electrons. The standard InChI is InChI=1S/C13H13ClN2O2/c14-11-7-9(8-15)1-4-12(11)18-6-5-13(17)16-10-2-3-10/h1,4,7,10H,2-3,5-6H2,(H,16,17). The molecule has 1 saturated carbocycles. The van der Waals surface area contributed by atoms with Crippen LogP contribution in [0.2, 0.25) is 5.02 Å². The summed E-state index contributed by atoms with van der Waals surface area (Å²) in [5.74, 6) is 0.497. The van der Waals surface area contributed by atoms with Gasteiger partial charge in [0.2, 0.25) is 5.91 Å². The number of ether oxygens (including phenoxy) is 1. The van der Waals surface area contributed by atoms with Crippen LogP contribution in [0.1, 0.15) is 24.8 Å². The molecule has 0 spiro atoms. The first-order chi connectivity index (χ1) is 8.69. The van der Waals surface area contributed by atoms with E-state index in [0.717, 1.165) is 12.8 Å². The molecule has 0 aliphatic heterocycles. The number of nitrogens with one attached hydrogen (secondary N) is 1. The van der Waals surface area contributed by atoms with Crippen LogP contribution in [-0.2, 0) is 4.79 Å². The van der Waals surface area contributed by atoms with Gasteiger partial charge in [-0.15, -0.1) is 0 Å². The van der Waals surface area contributed by atoms with E-state index in [2.05, 4.69) is 5.32 Å². The Kier molecular flexibility index (Phi) is 4.06. The van der Waals surface area contributed by atoms with Crippen LogP contribution in [0.15, 0.2) is 18.2 Å². The molecular formula is C13H13ClN2O2. The Labute approximate surface area is 111 Å². The number of carbonyl (C=O) groups is 1. The number of nitrogens with zero attached hydrogens (tertiary/aromatic N) is 1. The summed E-state index contributed by atoms with van der Waals surface area (Å²) in [4.78, 5) is 11.4. The van der Waals surface area contributed by atoms with Crippen LogP contribution in [0.25, 0.3) is 0 Å². The molecule has 18 heavy (non-hydrogen) atoms. The van der Waals surface area contributed by atoms with Gasteiger partial charge in [0.25, 0.3) is 0 Å². The number of hydrogen-bond acceptors (Lipinski definition) is 3. The monoisotopic (exact) mass is 264 g/mol. The Bertz CT molecular complexity index is 492. The van der Waals surface area contributed by atoms with Gasteiger partial charge in [0.15, 0.2) is 0 Å². The molecule has 0 aromatic heterocycles. The number of rotatable bonds is 5. The second-order valence-electron chi connectivity index (χ2n) is 4.20. The van der Waals surface area contributed by atoms with Crippen molar-refractivity contribution in [2.75, 3.05) is 6.61 Å². The van der Waals surface area contributed by atoms with Crippen LogP contribution >= 0.6 is 11.6 Å². The van der Waals surface area contributed by atoms with Crippen molar-refractivity contribution in [3.05, 3.63) is 28.8 Å². The Morgan fingerprint density at radius 3 is 2.94 bits per heavy atom. The summed E-state index contributed by atoms with van der Waals surface area (Å²) in [5, 5.41) is 12.0. The maximum absolute atomic E-state index is 11.4. The molecule has 1 aromatic carbocycles. The SMILES string of the molecule is N#Cc1ccc(OCCC(=O)NC2CC2)c(Cl)c1. The molecule has 0 heterocycles. The molecule has 1 aliphatic carbocycles. The molecule has 1 aliphatic rings. The summed E-state index contributed by atoms with van der Waals surface area (Å²) in [7, 11) is 0. The van der Waals surface area contributed by atoms with Crippen molar-refractivity contribution in [3.63, 3.8) is 0 Å². The van der Waals surface area contributed by atoms with Gasteiger partial charge >= 0.3 is 0 Å². The van der Waals surface area contributed by atoms with Crippen LogP contribution in [0.5, 0.6) is 5.75 Å². The lowest BCUT2D eigenvalue weighted by Crippen LogP contribution is -2.26. The van der Waals surface area contributed by atoms with Gasteiger partial charge in [0, 0.05) is 6.04 Å². The van der Waals surface area contributed by atoms with E-state index in [1.807, 2.05) is 6.07 Å². The van der Waals surface area contributed by atoms with Crippen molar-refractivity contribution in [1.82, 2.24) is 5.32 Å². The zero-order chi connectivity index (χ0) is 13.0. The quantitative estimate of drug-likeness (QED) is 0.887. The second-order valence-corrected chi connectivity index (χ2v) is 4.60. The van der Waals surface area contributed by atoms with E-state index < -0.39 is 0 Å². The summed E-state index contributed by atoms with van der Waals surface area (Å²) in [5.41, 5.74) is 0.485.